The Morgan fingerprint density at radius 2 is 2.07 bits per heavy atom. The summed E-state index contributed by atoms with van der Waals surface area (Å²) in [5.74, 6) is -0.754. The van der Waals surface area contributed by atoms with Crippen LogP contribution in [0.3, 0.4) is 0 Å². The number of aromatic nitrogens is 2. The van der Waals surface area contributed by atoms with E-state index in [9.17, 15) is 9.59 Å². The highest BCUT2D eigenvalue weighted by Gasteiger charge is 2.32. The smallest absolute Gasteiger partial charge is 0.313 e. The lowest BCUT2D eigenvalue weighted by Gasteiger charge is -2.35. The van der Waals surface area contributed by atoms with E-state index in [-0.39, 0.29) is 6.04 Å². The third kappa shape index (κ3) is 4.24. The Morgan fingerprint density at radius 3 is 2.78 bits per heavy atom. The molecule has 1 atom stereocenters. The highest BCUT2D eigenvalue weighted by Crippen LogP contribution is 2.30. The minimum absolute atomic E-state index is 0.124. The van der Waals surface area contributed by atoms with Crippen LogP contribution in [0.5, 0.6) is 0 Å². The lowest BCUT2D eigenvalue weighted by molar-refractivity contribution is -0.145. The highest BCUT2D eigenvalue weighted by molar-refractivity contribution is 6.39. The molecule has 0 aliphatic carbocycles. The van der Waals surface area contributed by atoms with Crippen molar-refractivity contribution < 1.29 is 9.59 Å². The minimum atomic E-state index is -0.657. The van der Waals surface area contributed by atoms with Gasteiger partial charge in [-0.15, -0.1) is 0 Å². The van der Waals surface area contributed by atoms with E-state index in [1.165, 1.54) is 6.20 Å². The Labute approximate surface area is 159 Å². The van der Waals surface area contributed by atoms with Crippen LogP contribution in [0.25, 0.3) is 0 Å². The number of likely N-dealkylation sites (tertiary alicyclic amines) is 1. The molecule has 0 spiro atoms. The fourth-order valence-electron chi connectivity index (χ4n) is 3.39. The number of aryl methyl sites for hydroxylation is 2. The monoisotopic (exact) mass is 367 g/mol. The molecule has 0 bridgehead atoms. The number of nitrogens with two attached hydrogens (primary N) is 1. The number of piperidine rings is 1. The zero-order chi connectivity index (χ0) is 19.4. The zero-order valence-electron chi connectivity index (χ0n) is 15.7. The van der Waals surface area contributed by atoms with Crippen molar-refractivity contribution in [3.63, 3.8) is 0 Å². The lowest BCUT2D eigenvalue weighted by atomic mass is 9.96. The molecule has 2 amide bonds. The molecule has 0 radical (unpaired) electrons. The van der Waals surface area contributed by atoms with Gasteiger partial charge in [-0.25, -0.2) is 4.98 Å². The van der Waals surface area contributed by atoms with E-state index in [1.807, 2.05) is 26.0 Å². The van der Waals surface area contributed by atoms with Gasteiger partial charge in [0.2, 0.25) is 0 Å². The first-order valence-corrected chi connectivity index (χ1v) is 9.28. The van der Waals surface area contributed by atoms with Crippen LogP contribution in [0.1, 0.15) is 49.0 Å². The van der Waals surface area contributed by atoms with Crippen molar-refractivity contribution in [3.05, 3.63) is 47.4 Å². The highest BCUT2D eigenvalue weighted by atomic mass is 16.2. The number of rotatable bonds is 3. The standard InChI is InChI=1S/C20H25N5O2/c1-3-14-10-16(12-23-18(14)21)24-19(26)20(27)25-9-5-4-6-17(25)15-8-7-13(2)22-11-15/h7-8,10-12,17H,3-6,9H2,1-2H3,(H2,21,23)(H,24,26)/t17-/m0/s1. The molecule has 1 aliphatic rings. The molecular formula is C20H25N5O2. The van der Waals surface area contributed by atoms with Gasteiger partial charge in [-0.2, -0.15) is 0 Å². The van der Waals surface area contributed by atoms with Gasteiger partial charge in [0.15, 0.2) is 0 Å². The van der Waals surface area contributed by atoms with Gasteiger partial charge in [0.25, 0.3) is 0 Å². The molecule has 0 aromatic carbocycles. The van der Waals surface area contributed by atoms with Crippen molar-refractivity contribution in [2.45, 2.75) is 45.6 Å². The maximum atomic E-state index is 12.8. The molecule has 0 saturated carbocycles. The predicted molar refractivity (Wildman–Crippen MR) is 104 cm³/mol. The second kappa shape index (κ2) is 8.16. The van der Waals surface area contributed by atoms with E-state index < -0.39 is 11.8 Å². The normalized spacial score (nSPS) is 16.8. The summed E-state index contributed by atoms with van der Waals surface area (Å²) in [5, 5.41) is 2.66. The molecule has 2 aromatic rings. The maximum absolute atomic E-state index is 12.8. The van der Waals surface area contributed by atoms with Crippen LogP contribution in [0.15, 0.2) is 30.6 Å². The number of nitrogen functional groups attached to an aromatic ring is 1. The molecule has 3 N–H and O–H groups in total. The van der Waals surface area contributed by atoms with Crippen LogP contribution in [-0.4, -0.2) is 33.2 Å². The third-order valence-electron chi connectivity index (χ3n) is 4.92. The average Bonchev–Trinajstić information content (AvgIpc) is 2.69. The number of nitrogens with zero attached hydrogens (tertiary/aromatic N) is 3. The van der Waals surface area contributed by atoms with Crippen LogP contribution >= 0.6 is 0 Å². The van der Waals surface area contributed by atoms with Crippen molar-refractivity contribution in [2.24, 2.45) is 0 Å². The SMILES string of the molecule is CCc1cc(NC(=O)C(=O)N2CCCC[C@H]2c2ccc(C)nc2)cnc1N. The minimum Gasteiger partial charge on any atom is -0.383 e. The largest absolute Gasteiger partial charge is 0.383 e. The quantitative estimate of drug-likeness (QED) is 0.812. The molecule has 1 fully saturated rings. The number of hydrogen-bond donors (Lipinski definition) is 2. The van der Waals surface area contributed by atoms with Gasteiger partial charge in [-0.1, -0.05) is 13.0 Å². The van der Waals surface area contributed by atoms with Gasteiger partial charge in [0, 0.05) is 18.4 Å². The molecule has 3 rings (SSSR count). The first kappa shape index (κ1) is 18.8. The van der Waals surface area contributed by atoms with E-state index in [0.717, 1.165) is 36.1 Å². The summed E-state index contributed by atoms with van der Waals surface area (Å²) in [6.45, 7) is 4.44. The average molecular weight is 367 g/mol. The summed E-state index contributed by atoms with van der Waals surface area (Å²) in [7, 11) is 0. The number of pyridine rings is 2. The maximum Gasteiger partial charge on any atom is 0.313 e. The van der Waals surface area contributed by atoms with Crippen LogP contribution in [0.2, 0.25) is 0 Å². The van der Waals surface area contributed by atoms with Gasteiger partial charge < -0.3 is 16.0 Å². The van der Waals surface area contributed by atoms with Gasteiger partial charge >= 0.3 is 11.8 Å². The summed E-state index contributed by atoms with van der Waals surface area (Å²) in [6, 6.07) is 5.54. The van der Waals surface area contributed by atoms with Gasteiger partial charge in [0.05, 0.1) is 17.9 Å². The summed E-state index contributed by atoms with van der Waals surface area (Å²) < 4.78 is 0. The first-order chi connectivity index (χ1) is 13.0. The van der Waals surface area contributed by atoms with Crippen molar-refractivity contribution in [1.82, 2.24) is 14.9 Å². The van der Waals surface area contributed by atoms with Crippen LogP contribution in [0, 0.1) is 6.92 Å². The van der Waals surface area contributed by atoms with E-state index in [4.69, 9.17) is 5.73 Å². The molecule has 1 saturated heterocycles. The van der Waals surface area contributed by atoms with E-state index in [2.05, 4.69) is 15.3 Å². The van der Waals surface area contributed by atoms with Crippen molar-refractivity contribution >= 4 is 23.3 Å². The number of carbonyl (C=O) groups excluding carboxylic acids is 2. The van der Waals surface area contributed by atoms with Crippen molar-refractivity contribution in [3.8, 4) is 0 Å². The van der Waals surface area contributed by atoms with Gasteiger partial charge in [0.1, 0.15) is 5.82 Å². The number of hydrogen-bond acceptors (Lipinski definition) is 5. The van der Waals surface area contributed by atoms with Crippen LogP contribution < -0.4 is 11.1 Å². The number of amides is 2. The van der Waals surface area contributed by atoms with Gasteiger partial charge in [-0.05, 0) is 55.9 Å². The summed E-state index contributed by atoms with van der Waals surface area (Å²) in [4.78, 5) is 35.4. The van der Waals surface area contributed by atoms with Gasteiger partial charge in [-0.3, -0.25) is 14.6 Å². The Bertz CT molecular complexity index is 835. The third-order valence-corrected chi connectivity index (χ3v) is 4.92. The molecular weight excluding hydrogens is 342 g/mol. The molecule has 27 heavy (non-hydrogen) atoms. The zero-order valence-corrected chi connectivity index (χ0v) is 15.7. The Hall–Kier alpha value is -2.96. The van der Waals surface area contributed by atoms with Crippen LogP contribution in [-0.2, 0) is 16.0 Å². The topological polar surface area (TPSA) is 101 Å². The van der Waals surface area contributed by atoms with E-state index in [0.29, 0.717) is 24.5 Å². The lowest BCUT2D eigenvalue weighted by Crippen LogP contribution is -2.44. The second-order valence-corrected chi connectivity index (χ2v) is 6.82. The van der Waals surface area contributed by atoms with Crippen LogP contribution in [0.4, 0.5) is 11.5 Å². The van der Waals surface area contributed by atoms with Crippen molar-refractivity contribution in [2.75, 3.05) is 17.6 Å². The summed E-state index contributed by atoms with van der Waals surface area (Å²) in [6.07, 6.45) is 6.69. The van der Waals surface area contributed by atoms with Crippen molar-refractivity contribution in [1.29, 1.82) is 0 Å². The number of carbonyl (C=O) groups is 2. The summed E-state index contributed by atoms with van der Waals surface area (Å²) in [5.41, 5.74) is 8.99. The van der Waals surface area contributed by atoms with E-state index in [1.54, 1.807) is 17.2 Å². The fourth-order valence-corrected chi connectivity index (χ4v) is 3.39. The molecule has 0 unspecified atom stereocenters. The predicted octanol–water partition coefficient (Wildman–Crippen LogP) is 2.62. The Kier molecular flexibility index (Phi) is 5.69. The van der Waals surface area contributed by atoms with E-state index >= 15 is 0 Å². The molecule has 1 aliphatic heterocycles. The molecule has 142 valence electrons. The fraction of sp³-hybridized carbons (Fsp3) is 0.400. The Balaban J connectivity index is 1.76. The molecule has 7 nitrogen and oxygen atoms in total. The second-order valence-electron chi connectivity index (χ2n) is 6.82. The molecule has 2 aromatic heterocycles. The molecule has 3 heterocycles. The number of anilines is 2. The molecule has 7 heteroatoms. The summed E-state index contributed by atoms with van der Waals surface area (Å²) >= 11 is 0. The first-order valence-electron chi connectivity index (χ1n) is 9.28. The Morgan fingerprint density at radius 1 is 1.26 bits per heavy atom. The number of nitrogens with one attached hydrogen (secondary N) is 1.